The number of rotatable bonds is 4. The summed E-state index contributed by atoms with van der Waals surface area (Å²) < 4.78 is 44.4. The van der Waals surface area contributed by atoms with Crippen molar-refractivity contribution in [3.63, 3.8) is 0 Å². The third-order valence-corrected chi connectivity index (χ3v) is 4.24. The van der Waals surface area contributed by atoms with Crippen LogP contribution in [0.2, 0.25) is 0 Å². The first-order valence-electron chi connectivity index (χ1n) is 7.52. The van der Waals surface area contributed by atoms with Gasteiger partial charge >= 0.3 is 6.18 Å². The molecule has 1 aliphatic carbocycles. The van der Waals surface area contributed by atoms with Crippen molar-refractivity contribution in [1.82, 2.24) is 5.32 Å². The molecule has 0 bridgehead atoms. The molecule has 1 heterocycles. The molecular weight excluding hydrogens is 295 g/mol. The number of alkyl halides is 3. The molecule has 1 saturated carbocycles. The number of benzene rings is 1. The molecule has 0 radical (unpaired) electrons. The van der Waals surface area contributed by atoms with Gasteiger partial charge in [0.15, 0.2) is 0 Å². The molecule has 1 saturated heterocycles. The van der Waals surface area contributed by atoms with Crippen LogP contribution in [0.4, 0.5) is 13.2 Å². The summed E-state index contributed by atoms with van der Waals surface area (Å²) in [6.07, 6.45) is -1.71. The molecule has 1 aromatic rings. The van der Waals surface area contributed by atoms with Crippen LogP contribution in [0.1, 0.15) is 42.7 Å². The minimum absolute atomic E-state index is 0.0420. The zero-order valence-corrected chi connectivity index (χ0v) is 12.0. The molecule has 0 aromatic heterocycles. The molecule has 1 amide bonds. The third kappa shape index (κ3) is 3.43. The van der Waals surface area contributed by atoms with Crippen molar-refractivity contribution < 1.29 is 22.7 Å². The fraction of sp³-hybridized carbons (Fsp3) is 0.562. The van der Waals surface area contributed by atoms with Crippen LogP contribution in [0.3, 0.4) is 0 Å². The Morgan fingerprint density at radius 2 is 2.09 bits per heavy atom. The summed E-state index contributed by atoms with van der Waals surface area (Å²) in [7, 11) is 0. The Labute approximate surface area is 126 Å². The maximum atomic E-state index is 13.0. The van der Waals surface area contributed by atoms with Crippen LogP contribution < -0.4 is 5.32 Å². The lowest BCUT2D eigenvalue weighted by molar-refractivity contribution is -0.138. The fourth-order valence-corrected chi connectivity index (χ4v) is 3.05. The summed E-state index contributed by atoms with van der Waals surface area (Å²) in [5.74, 6) is -0.379. The van der Waals surface area contributed by atoms with Crippen molar-refractivity contribution in [2.24, 2.45) is 0 Å². The van der Waals surface area contributed by atoms with Crippen LogP contribution in [0.25, 0.3) is 0 Å². The van der Waals surface area contributed by atoms with Gasteiger partial charge in [0, 0.05) is 18.6 Å². The molecule has 22 heavy (non-hydrogen) atoms. The Bertz CT molecular complexity index is 553. The van der Waals surface area contributed by atoms with Gasteiger partial charge in [0.25, 0.3) is 0 Å². The highest BCUT2D eigenvalue weighted by molar-refractivity contribution is 5.77. The van der Waals surface area contributed by atoms with E-state index in [1.165, 1.54) is 12.1 Å². The highest BCUT2D eigenvalue weighted by atomic mass is 19.4. The molecule has 0 spiro atoms. The van der Waals surface area contributed by atoms with E-state index in [-0.39, 0.29) is 29.5 Å². The molecule has 3 atom stereocenters. The highest BCUT2D eigenvalue weighted by Crippen LogP contribution is 2.46. The molecule has 3 rings (SSSR count). The molecule has 120 valence electrons. The molecule has 3 nitrogen and oxygen atoms in total. The lowest BCUT2D eigenvalue weighted by atomic mass is 10.0. The fourth-order valence-electron chi connectivity index (χ4n) is 3.05. The summed E-state index contributed by atoms with van der Waals surface area (Å²) in [6, 6.07) is 5.39. The second-order valence-electron chi connectivity index (χ2n) is 5.94. The summed E-state index contributed by atoms with van der Waals surface area (Å²) in [6.45, 7) is 0.683. The van der Waals surface area contributed by atoms with Gasteiger partial charge in [-0.25, -0.2) is 0 Å². The Morgan fingerprint density at radius 3 is 2.77 bits per heavy atom. The first kappa shape index (κ1) is 15.3. The number of hydrogen-bond donors (Lipinski definition) is 1. The van der Waals surface area contributed by atoms with Crippen molar-refractivity contribution in [3.05, 3.63) is 35.4 Å². The molecular formula is C16H18F3NO2. The molecule has 1 N–H and O–H groups in total. The van der Waals surface area contributed by atoms with E-state index in [4.69, 9.17) is 4.74 Å². The smallest absolute Gasteiger partial charge is 0.378 e. The summed E-state index contributed by atoms with van der Waals surface area (Å²) in [4.78, 5) is 11.9. The molecule has 0 unspecified atom stereocenters. The predicted octanol–water partition coefficient (Wildman–Crippen LogP) is 3.25. The van der Waals surface area contributed by atoms with Crippen molar-refractivity contribution in [2.75, 3.05) is 6.61 Å². The van der Waals surface area contributed by atoms with Gasteiger partial charge in [-0.3, -0.25) is 4.79 Å². The highest BCUT2D eigenvalue weighted by Gasteiger charge is 2.44. The second-order valence-corrected chi connectivity index (χ2v) is 5.94. The molecule has 2 fully saturated rings. The number of hydrogen-bond acceptors (Lipinski definition) is 2. The van der Waals surface area contributed by atoms with E-state index < -0.39 is 11.7 Å². The summed E-state index contributed by atoms with van der Waals surface area (Å²) >= 11 is 0. The van der Waals surface area contributed by atoms with Crippen molar-refractivity contribution >= 4 is 5.91 Å². The Kier molecular flexibility index (Phi) is 4.12. The van der Waals surface area contributed by atoms with Crippen molar-refractivity contribution in [3.8, 4) is 0 Å². The van der Waals surface area contributed by atoms with Crippen molar-refractivity contribution in [2.45, 2.75) is 49.9 Å². The van der Waals surface area contributed by atoms with Gasteiger partial charge in [-0.1, -0.05) is 18.2 Å². The SMILES string of the molecule is O=C(C[C@@H]1CCCO1)N[C@@H]1C[C@@H]1c1ccccc1C(F)(F)F. The van der Waals surface area contributed by atoms with Crippen LogP contribution >= 0.6 is 0 Å². The topological polar surface area (TPSA) is 38.3 Å². The number of halogens is 3. The van der Waals surface area contributed by atoms with Gasteiger partial charge in [0.05, 0.1) is 18.1 Å². The number of carbonyl (C=O) groups is 1. The number of ether oxygens (including phenoxy) is 1. The van der Waals surface area contributed by atoms with Gasteiger partial charge in [-0.2, -0.15) is 13.2 Å². The van der Waals surface area contributed by atoms with Crippen LogP contribution in [0.5, 0.6) is 0 Å². The largest absolute Gasteiger partial charge is 0.416 e. The predicted molar refractivity (Wildman–Crippen MR) is 74.3 cm³/mol. The third-order valence-electron chi connectivity index (χ3n) is 4.24. The second kappa shape index (κ2) is 5.91. The van der Waals surface area contributed by atoms with E-state index in [2.05, 4.69) is 5.32 Å². The van der Waals surface area contributed by atoms with Gasteiger partial charge < -0.3 is 10.1 Å². The first-order valence-corrected chi connectivity index (χ1v) is 7.52. The van der Waals surface area contributed by atoms with Crippen LogP contribution in [-0.2, 0) is 15.7 Å². The lowest BCUT2D eigenvalue weighted by Gasteiger charge is -2.13. The zero-order valence-electron chi connectivity index (χ0n) is 12.0. The monoisotopic (exact) mass is 313 g/mol. The number of carbonyl (C=O) groups excluding carboxylic acids is 1. The summed E-state index contributed by atoms with van der Waals surface area (Å²) in [5.41, 5.74) is -0.326. The minimum atomic E-state index is -4.36. The van der Waals surface area contributed by atoms with E-state index in [1.54, 1.807) is 6.07 Å². The Hall–Kier alpha value is -1.56. The quantitative estimate of drug-likeness (QED) is 0.926. The van der Waals surface area contributed by atoms with Crippen molar-refractivity contribution in [1.29, 1.82) is 0 Å². The zero-order chi connectivity index (χ0) is 15.7. The summed E-state index contributed by atoms with van der Waals surface area (Å²) in [5, 5.41) is 2.82. The maximum absolute atomic E-state index is 13.0. The minimum Gasteiger partial charge on any atom is -0.378 e. The molecule has 2 aliphatic rings. The van der Waals surface area contributed by atoms with E-state index in [0.717, 1.165) is 18.9 Å². The normalized spacial score (nSPS) is 27.7. The van der Waals surface area contributed by atoms with E-state index >= 15 is 0 Å². The first-order chi connectivity index (χ1) is 10.4. The van der Waals surface area contributed by atoms with Crippen LogP contribution in [0.15, 0.2) is 24.3 Å². The average Bonchev–Trinajstić information content (AvgIpc) is 3.01. The number of amides is 1. The van der Waals surface area contributed by atoms with Gasteiger partial charge in [0.2, 0.25) is 5.91 Å². The Morgan fingerprint density at radius 1 is 1.32 bits per heavy atom. The van der Waals surface area contributed by atoms with Gasteiger partial charge in [-0.15, -0.1) is 0 Å². The molecule has 1 aromatic carbocycles. The van der Waals surface area contributed by atoms with Gasteiger partial charge in [0.1, 0.15) is 0 Å². The Balaban J connectivity index is 1.59. The standard InChI is InChI=1S/C16H18F3NO2/c17-16(18,19)13-6-2-1-5-11(13)12-9-14(12)20-15(21)8-10-4-3-7-22-10/h1-2,5-6,10,12,14H,3-4,7-9H2,(H,20,21)/t10-,12+,14+/m0/s1. The van der Waals surface area contributed by atoms with E-state index in [9.17, 15) is 18.0 Å². The number of nitrogens with one attached hydrogen (secondary N) is 1. The maximum Gasteiger partial charge on any atom is 0.416 e. The molecule has 1 aliphatic heterocycles. The lowest BCUT2D eigenvalue weighted by Crippen LogP contribution is -2.29. The average molecular weight is 313 g/mol. The van der Waals surface area contributed by atoms with Crippen LogP contribution in [-0.4, -0.2) is 24.7 Å². The van der Waals surface area contributed by atoms with E-state index in [1.807, 2.05) is 0 Å². The van der Waals surface area contributed by atoms with Crippen LogP contribution in [0, 0.1) is 0 Å². The van der Waals surface area contributed by atoms with E-state index in [0.29, 0.717) is 19.4 Å². The molecule has 6 heteroatoms. The van der Waals surface area contributed by atoms with Gasteiger partial charge in [-0.05, 0) is 30.9 Å².